The topological polar surface area (TPSA) is 18.5 Å². The van der Waals surface area contributed by atoms with Crippen molar-refractivity contribution in [1.29, 1.82) is 0 Å². The minimum atomic E-state index is -4.73. The molecule has 10 aromatic carbocycles. The number of benzene rings is 10. The first-order valence-electron chi connectivity index (χ1n) is 23.1. The number of rotatable bonds is 11. The summed E-state index contributed by atoms with van der Waals surface area (Å²) in [6.07, 6.45) is -18.9. The molecule has 2 nitrogen and oxygen atoms in total. The van der Waals surface area contributed by atoms with E-state index in [4.69, 9.17) is 9.05 Å². The molecule has 0 radical (unpaired) electrons. The number of hydrogen-bond donors (Lipinski definition) is 0. The van der Waals surface area contributed by atoms with Crippen LogP contribution in [0.15, 0.2) is 218 Å². The van der Waals surface area contributed by atoms with Crippen molar-refractivity contribution in [3.8, 4) is 44.9 Å². The van der Waals surface area contributed by atoms with Crippen molar-refractivity contribution < 1.29 is 61.7 Å². The van der Waals surface area contributed by atoms with Gasteiger partial charge in [-0.2, -0.15) is 52.7 Å². The lowest BCUT2D eigenvalue weighted by Gasteiger charge is -2.29. The highest BCUT2D eigenvalue weighted by atomic mass is 31.1. The van der Waals surface area contributed by atoms with Crippen LogP contribution in [-0.2, 0) is 24.7 Å². The van der Waals surface area contributed by atoms with E-state index in [2.05, 4.69) is 0 Å². The van der Waals surface area contributed by atoms with Crippen LogP contribution < -0.4 is 30.3 Å². The fourth-order valence-electron chi connectivity index (χ4n) is 8.84. The molecule has 0 aromatic heterocycles. The molecule has 0 atom stereocenters. The summed E-state index contributed by atoms with van der Waals surface area (Å²) in [5.74, 6) is 0.258. The van der Waals surface area contributed by atoms with Crippen molar-refractivity contribution in [3.05, 3.63) is 241 Å². The first-order valence-corrected chi connectivity index (χ1v) is 25.6. The molecule has 382 valence electrons. The molecule has 0 amide bonds. The summed E-state index contributed by atoms with van der Waals surface area (Å²) in [6, 6.07) is 52.8. The van der Waals surface area contributed by atoms with Crippen LogP contribution in [0.2, 0.25) is 0 Å². The fourth-order valence-corrected chi connectivity index (χ4v) is 12.3. The smallest absolute Gasteiger partial charge is 0.416 e. The van der Waals surface area contributed by atoms with Crippen LogP contribution in [0.25, 0.3) is 54.9 Å². The number of fused-ring (bicyclic) bond motifs is 2. The van der Waals surface area contributed by atoms with Crippen LogP contribution in [-0.4, -0.2) is 0 Å². The highest BCUT2D eigenvalue weighted by Crippen LogP contribution is 2.57. The molecular formula is C60H36F12O2P2. The largest absolute Gasteiger partial charge is 0.463 e. The van der Waals surface area contributed by atoms with E-state index in [-0.39, 0.29) is 32.7 Å². The Balaban J connectivity index is 1.32. The van der Waals surface area contributed by atoms with Gasteiger partial charge in [-0.05, 0) is 93.3 Å². The molecule has 0 aliphatic rings. The summed E-state index contributed by atoms with van der Waals surface area (Å²) in [6.45, 7) is 0. The first kappa shape index (κ1) is 51.8. The zero-order valence-corrected chi connectivity index (χ0v) is 40.8. The number of halogens is 12. The Bertz CT molecular complexity index is 3310. The maximum Gasteiger partial charge on any atom is 0.416 e. The standard InChI is InChI=1S/C60H36F12O2P2/c61-57(62,63)41-19-27-45(28-20-41)75(46-29-21-42(22-30-46)58(64,65)66)73-55-51(37-11-3-1-4-12-37)35-39-15-7-9-17-49(39)53(55)54-50-18-10-8-16-40(50)36-52(38-13-5-2-6-14-38)56(54)74-76(47-31-23-43(24-32-47)59(67,68)69)48-33-25-44(26-34-48)60(70,71)72/h1-36H. The second-order valence-corrected chi connectivity index (χ2v) is 21.0. The predicted octanol–water partition coefficient (Wildman–Crippen LogP) is 17.9. The molecule has 0 heterocycles. The maximum absolute atomic E-state index is 14.1. The van der Waals surface area contributed by atoms with Gasteiger partial charge in [0.05, 0.1) is 22.3 Å². The van der Waals surface area contributed by atoms with Gasteiger partial charge in [-0.15, -0.1) is 0 Å². The molecular weight excluding hydrogens is 1040 g/mol. The Morgan fingerprint density at radius 3 is 0.789 bits per heavy atom. The molecule has 16 heteroatoms. The highest BCUT2D eigenvalue weighted by Gasteiger charge is 2.36. The SMILES string of the molecule is FC(F)(F)c1ccc(P(Oc2c(-c3ccccc3)cc3ccccc3c2-c2c(OP(c3ccc(C(F)(F)F)cc3)c3ccc(C(F)(F)F)cc3)c(-c3ccccc3)cc3ccccc23)c2ccc(C(F)(F)F)cc2)cc1. The third-order valence-corrected chi connectivity index (χ3v) is 16.3. The zero-order valence-electron chi connectivity index (χ0n) is 39.0. The molecule has 0 fully saturated rings. The zero-order chi connectivity index (χ0) is 53.6. The Labute approximate surface area is 429 Å². The lowest BCUT2D eigenvalue weighted by atomic mass is 9.86. The second kappa shape index (κ2) is 20.5. The van der Waals surface area contributed by atoms with Crippen molar-refractivity contribution in [3.63, 3.8) is 0 Å². The molecule has 10 rings (SSSR count). The summed E-state index contributed by atoms with van der Waals surface area (Å²) in [5, 5.41) is 3.21. The van der Waals surface area contributed by atoms with Gasteiger partial charge in [0.1, 0.15) is 11.5 Å². The molecule has 0 saturated heterocycles. The van der Waals surface area contributed by atoms with Gasteiger partial charge < -0.3 is 9.05 Å². The Morgan fingerprint density at radius 1 is 0.276 bits per heavy atom. The van der Waals surface area contributed by atoms with Crippen molar-refractivity contribution >= 4 is 59.1 Å². The van der Waals surface area contributed by atoms with Crippen molar-refractivity contribution in [2.45, 2.75) is 24.7 Å². The third-order valence-electron chi connectivity index (χ3n) is 12.5. The Kier molecular flexibility index (Phi) is 14.0. The van der Waals surface area contributed by atoms with Crippen LogP contribution in [0.5, 0.6) is 11.5 Å². The summed E-state index contributed by atoms with van der Waals surface area (Å²) in [7, 11) is -4.73. The van der Waals surface area contributed by atoms with E-state index in [0.29, 0.717) is 54.9 Å². The molecule has 76 heavy (non-hydrogen) atoms. The van der Waals surface area contributed by atoms with Gasteiger partial charge in [0.2, 0.25) is 0 Å². The molecule has 0 saturated carbocycles. The van der Waals surface area contributed by atoms with E-state index < -0.39 is 63.3 Å². The molecule has 0 N–H and O–H groups in total. The van der Waals surface area contributed by atoms with E-state index in [1.165, 1.54) is 48.5 Å². The molecule has 0 unspecified atom stereocenters. The number of hydrogen-bond acceptors (Lipinski definition) is 2. The van der Waals surface area contributed by atoms with E-state index in [9.17, 15) is 52.7 Å². The van der Waals surface area contributed by atoms with Crippen LogP contribution in [0, 0.1) is 0 Å². The molecule has 0 aliphatic carbocycles. The third kappa shape index (κ3) is 10.7. The second-order valence-electron chi connectivity index (χ2n) is 17.4. The Hall–Kier alpha value is -7.66. The molecule has 10 aromatic rings. The van der Waals surface area contributed by atoms with Crippen molar-refractivity contribution in [1.82, 2.24) is 0 Å². The average molecular weight is 1080 g/mol. The quantitative estimate of drug-likeness (QED) is 0.0949. The minimum Gasteiger partial charge on any atom is -0.463 e. The normalized spacial score (nSPS) is 12.4. The minimum absolute atomic E-state index is 0.129. The lowest BCUT2D eigenvalue weighted by molar-refractivity contribution is -0.138. The van der Waals surface area contributed by atoms with E-state index in [1.807, 2.05) is 72.8 Å². The van der Waals surface area contributed by atoms with Gasteiger partial charge in [0.25, 0.3) is 0 Å². The van der Waals surface area contributed by atoms with E-state index in [1.54, 1.807) is 48.5 Å². The summed E-state index contributed by atoms with van der Waals surface area (Å²) in [5.41, 5.74) is -1.09. The fraction of sp³-hybridized carbons (Fsp3) is 0.0667. The monoisotopic (exact) mass is 1080 g/mol. The van der Waals surface area contributed by atoms with Crippen LogP contribution in [0.3, 0.4) is 0 Å². The van der Waals surface area contributed by atoms with Crippen LogP contribution in [0.4, 0.5) is 52.7 Å². The average Bonchev–Trinajstić information content (AvgIpc) is 3.45. The van der Waals surface area contributed by atoms with Crippen molar-refractivity contribution in [2.75, 3.05) is 0 Å². The maximum atomic E-state index is 14.1. The van der Waals surface area contributed by atoms with Crippen molar-refractivity contribution in [2.24, 2.45) is 0 Å². The van der Waals surface area contributed by atoms with Crippen LogP contribution >= 0.6 is 16.3 Å². The van der Waals surface area contributed by atoms with Gasteiger partial charge in [-0.1, -0.05) is 158 Å². The predicted molar refractivity (Wildman–Crippen MR) is 277 cm³/mol. The lowest BCUT2D eigenvalue weighted by Crippen LogP contribution is -2.19. The highest BCUT2D eigenvalue weighted by molar-refractivity contribution is 7.69. The van der Waals surface area contributed by atoms with Gasteiger partial charge in [-0.3, -0.25) is 0 Å². The first-order chi connectivity index (χ1) is 36.2. The summed E-state index contributed by atoms with van der Waals surface area (Å²) < 4.78 is 184. The van der Waals surface area contributed by atoms with Gasteiger partial charge >= 0.3 is 24.7 Å². The number of alkyl halides is 12. The van der Waals surface area contributed by atoms with E-state index in [0.717, 1.165) is 48.5 Å². The van der Waals surface area contributed by atoms with E-state index >= 15 is 0 Å². The summed E-state index contributed by atoms with van der Waals surface area (Å²) >= 11 is 0. The molecule has 0 aliphatic heterocycles. The van der Waals surface area contributed by atoms with Gasteiger partial charge in [0, 0.05) is 43.5 Å². The van der Waals surface area contributed by atoms with Gasteiger partial charge in [-0.25, -0.2) is 0 Å². The summed E-state index contributed by atoms with van der Waals surface area (Å²) in [4.78, 5) is 0. The molecule has 0 spiro atoms. The van der Waals surface area contributed by atoms with Gasteiger partial charge in [0.15, 0.2) is 16.3 Å². The Morgan fingerprint density at radius 2 is 0.526 bits per heavy atom. The molecule has 0 bridgehead atoms. The van der Waals surface area contributed by atoms with Crippen LogP contribution in [0.1, 0.15) is 22.3 Å².